The quantitative estimate of drug-likeness (QED) is 0.0403. The Labute approximate surface area is 309 Å². The molecule has 0 aliphatic carbocycles. The number of quaternary nitrogens is 1. The van der Waals surface area contributed by atoms with Gasteiger partial charge in [0, 0.05) is 37.4 Å². The number of hydrogen-bond donors (Lipinski definition) is 6. The molecule has 52 heavy (non-hydrogen) atoms. The number of morpholine rings is 1. The van der Waals surface area contributed by atoms with Gasteiger partial charge < -0.3 is 39.6 Å². The average molecular weight is 774 g/mol. The number of esters is 1. The van der Waals surface area contributed by atoms with Gasteiger partial charge in [-0.15, -0.1) is 22.7 Å². The SMILES string of the molecule is C[N+]1(CCS(=O)(=O)NCCCCCNC[C@H](O)c2ccc(O)c3[nH]c(=O)ccc23)C2CC(OC(=O)C(O)(c3cccs3)c3cccs3)CC1C1OC12. The molecule has 0 amide bonds. The third kappa shape index (κ3) is 7.32. The number of aliphatic hydroxyl groups is 2. The van der Waals surface area contributed by atoms with Crippen LogP contribution in [0.15, 0.2) is 64.1 Å². The van der Waals surface area contributed by atoms with Crippen molar-refractivity contribution in [2.24, 2.45) is 0 Å². The van der Waals surface area contributed by atoms with E-state index in [4.69, 9.17) is 9.47 Å². The van der Waals surface area contributed by atoms with E-state index in [9.17, 15) is 33.3 Å². The molecule has 3 saturated heterocycles. The first-order valence-corrected chi connectivity index (χ1v) is 21.0. The van der Waals surface area contributed by atoms with Crippen LogP contribution in [0.3, 0.4) is 0 Å². The van der Waals surface area contributed by atoms with Crippen LogP contribution in [0.25, 0.3) is 10.9 Å². The second-order valence-corrected chi connectivity index (χ2v) is 18.0. The number of pyridine rings is 1. The summed E-state index contributed by atoms with van der Waals surface area (Å²) < 4.78 is 41.4. The second-order valence-electron chi connectivity index (χ2n) is 14.2. The molecule has 280 valence electrons. The summed E-state index contributed by atoms with van der Waals surface area (Å²) in [6.45, 7) is 1.68. The number of hydrogen-bond acceptors (Lipinski definition) is 12. The summed E-state index contributed by atoms with van der Waals surface area (Å²) in [5, 5.41) is 39.9. The minimum absolute atomic E-state index is 0.00358. The van der Waals surface area contributed by atoms with Crippen LogP contribution >= 0.6 is 22.7 Å². The fourth-order valence-electron chi connectivity index (χ4n) is 8.08. The number of sulfonamides is 1. The number of phenolic OH excluding ortho intramolecular Hbond substituents is 1. The van der Waals surface area contributed by atoms with Gasteiger partial charge in [0.05, 0.1) is 35.0 Å². The minimum Gasteiger partial charge on any atom is -0.506 e. The van der Waals surface area contributed by atoms with Crippen molar-refractivity contribution in [2.75, 3.05) is 39.0 Å². The molecule has 0 radical (unpaired) electrons. The monoisotopic (exact) mass is 773 g/mol. The number of nitrogens with one attached hydrogen (secondary N) is 3. The molecule has 2 bridgehead atoms. The second kappa shape index (κ2) is 14.9. The summed E-state index contributed by atoms with van der Waals surface area (Å²) >= 11 is 2.61. The lowest BCUT2D eigenvalue weighted by atomic mass is 9.94. The number of H-pyrrole nitrogens is 1. The highest BCUT2D eigenvalue weighted by Gasteiger charge is 2.72. The number of epoxide rings is 1. The zero-order chi connectivity index (χ0) is 36.7. The molecule has 3 aliphatic heterocycles. The van der Waals surface area contributed by atoms with Gasteiger partial charge in [0.25, 0.3) is 0 Å². The van der Waals surface area contributed by atoms with Crippen molar-refractivity contribution in [3.05, 3.63) is 85.0 Å². The smallest absolute Gasteiger partial charge is 0.349 e. The number of aromatic amines is 1. The number of aromatic nitrogens is 1. The van der Waals surface area contributed by atoms with Gasteiger partial charge in [0.15, 0.2) is 0 Å². The van der Waals surface area contributed by atoms with Crippen molar-refractivity contribution in [3.63, 3.8) is 0 Å². The predicted octanol–water partition coefficient (Wildman–Crippen LogP) is 2.68. The number of carbonyl (C=O) groups excluding carboxylic acids is 1. The molecule has 3 aliphatic rings. The summed E-state index contributed by atoms with van der Waals surface area (Å²) in [6.07, 6.45) is 2.13. The van der Waals surface area contributed by atoms with Crippen molar-refractivity contribution in [1.82, 2.24) is 15.0 Å². The van der Waals surface area contributed by atoms with Gasteiger partial charge in [0.2, 0.25) is 21.2 Å². The lowest BCUT2D eigenvalue weighted by molar-refractivity contribution is -0.953. The number of rotatable bonds is 17. The predicted molar refractivity (Wildman–Crippen MR) is 198 cm³/mol. The number of thiophene rings is 2. The fraction of sp³-hybridized carbons (Fsp3) is 0.500. The summed E-state index contributed by atoms with van der Waals surface area (Å²) in [7, 11) is -1.43. The molecule has 6 N–H and O–H groups in total. The van der Waals surface area contributed by atoms with Crippen molar-refractivity contribution in [3.8, 4) is 5.75 Å². The van der Waals surface area contributed by atoms with Gasteiger partial charge >= 0.3 is 5.97 Å². The van der Waals surface area contributed by atoms with E-state index in [1.807, 2.05) is 10.8 Å². The number of benzene rings is 1. The molecule has 3 aromatic heterocycles. The first-order chi connectivity index (χ1) is 24.9. The van der Waals surface area contributed by atoms with Crippen LogP contribution in [0, 0.1) is 0 Å². The topological polar surface area (TPSA) is 191 Å². The maximum absolute atomic E-state index is 13.6. The maximum atomic E-state index is 13.6. The van der Waals surface area contributed by atoms with Crippen LogP contribution in [-0.2, 0) is 29.9 Å². The third-order valence-corrected chi connectivity index (χ3v) is 14.3. The summed E-state index contributed by atoms with van der Waals surface area (Å²) in [4.78, 5) is 28.9. The number of phenols is 1. The third-order valence-electron chi connectivity index (χ3n) is 11.0. The number of unbranched alkanes of at least 4 members (excludes halogenated alkanes) is 2. The molecule has 5 atom stereocenters. The fourth-order valence-corrected chi connectivity index (χ4v) is 11.0. The van der Waals surface area contributed by atoms with Gasteiger partial charge in [-0.3, -0.25) is 4.79 Å². The van der Waals surface area contributed by atoms with Crippen LogP contribution in [-0.4, -0.2) is 109 Å². The van der Waals surface area contributed by atoms with E-state index < -0.39 is 33.8 Å². The highest BCUT2D eigenvalue weighted by atomic mass is 32.2. The number of nitrogens with zero attached hydrogens (tertiary/aromatic N) is 1. The van der Waals surface area contributed by atoms with Crippen molar-refractivity contribution < 1.29 is 42.5 Å². The van der Waals surface area contributed by atoms with Gasteiger partial charge in [0.1, 0.15) is 41.9 Å². The highest BCUT2D eigenvalue weighted by Crippen LogP contribution is 2.53. The van der Waals surface area contributed by atoms with E-state index in [0.29, 0.717) is 64.1 Å². The Kier molecular flexibility index (Phi) is 10.7. The Morgan fingerprint density at radius 3 is 2.37 bits per heavy atom. The maximum Gasteiger partial charge on any atom is 0.349 e. The molecule has 3 fully saturated rings. The molecule has 16 heteroatoms. The van der Waals surface area contributed by atoms with E-state index in [2.05, 4.69) is 22.1 Å². The Morgan fingerprint density at radius 1 is 1.04 bits per heavy atom. The van der Waals surface area contributed by atoms with E-state index >= 15 is 0 Å². The molecule has 13 nitrogen and oxygen atoms in total. The van der Waals surface area contributed by atoms with Crippen LogP contribution < -0.4 is 15.6 Å². The number of fused-ring (bicyclic) bond motifs is 6. The number of carbonyl (C=O) groups is 1. The van der Waals surface area contributed by atoms with Gasteiger partial charge in [-0.25, -0.2) is 17.9 Å². The number of likely N-dealkylation sites (N-methyl/N-ethyl adjacent to an activating group) is 1. The molecular formula is C36H45N4O9S3+. The Balaban J connectivity index is 0.837. The van der Waals surface area contributed by atoms with E-state index in [0.717, 1.165) is 12.8 Å². The van der Waals surface area contributed by atoms with Crippen LogP contribution in [0.5, 0.6) is 5.75 Å². The van der Waals surface area contributed by atoms with Crippen molar-refractivity contribution in [2.45, 2.75) is 74.2 Å². The van der Waals surface area contributed by atoms with Gasteiger partial charge in [-0.05, 0) is 60.0 Å². The van der Waals surface area contributed by atoms with Gasteiger partial charge in [-0.1, -0.05) is 24.6 Å². The first kappa shape index (κ1) is 37.1. The average Bonchev–Trinajstić information content (AvgIpc) is 3.41. The molecule has 0 spiro atoms. The summed E-state index contributed by atoms with van der Waals surface area (Å²) in [6, 6.07) is 13.1. The molecule has 7 rings (SSSR count). The largest absolute Gasteiger partial charge is 0.506 e. The van der Waals surface area contributed by atoms with Crippen LogP contribution in [0.1, 0.15) is 53.5 Å². The number of piperidine rings is 1. The number of aromatic hydroxyl groups is 1. The van der Waals surface area contributed by atoms with Crippen molar-refractivity contribution >= 4 is 49.6 Å². The zero-order valence-corrected chi connectivity index (χ0v) is 31.2. The van der Waals surface area contributed by atoms with Gasteiger partial charge in [-0.2, -0.15) is 0 Å². The number of ether oxygens (including phenoxy) is 2. The molecule has 0 saturated carbocycles. The zero-order valence-electron chi connectivity index (χ0n) is 28.8. The number of aliphatic hydroxyl groups excluding tert-OH is 1. The standard InChI is InChI=1S/C36H44N4O9S3/c1-40(25-19-22(20-26(40)34-33(25)49-34)48-35(44)36(45,29-7-5-16-50-29)30-8-6-17-51-30)15-18-52(46,47)38-14-4-2-3-13-37-21-28(42)23-9-11-27(41)32-24(23)10-12-31(43)39-32/h5-12,16-17,22,25-26,28,33-34,37-38,42,45H,2-4,13-15,18-21H2,1H3,(H-,39,41,43)/p+1/t22?,25?,26?,28-,33?,34?,40?/m0/s1. The minimum atomic E-state index is -3.52. The van der Waals surface area contributed by atoms with E-state index in [1.54, 1.807) is 36.4 Å². The molecular weight excluding hydrogens is 729 g/mol. The molecule has 6 heterocycles. The van der Waals surface area contributed by atoms with E-state index in [-0.39, 0.29) is 53.4 Å². The lowest BCUT2D eigenvalue weighted by Gasteiger charge is -2.48. The molecule has 4 aromatic rings. The lowest BCUT2D eigenvalue weighted by Crippen LogP contribution is -2.64. The van der Waals surface area contributed by atoms with E-state index in [1.165, 1.54) is 34.8 Å². The van der Waals surface area contributed by atoms with Crippen LogP contribution in [0.4, 0.5) is 0 Å². The summed E-state index contributed by atoms with van der Waals surface area (Å²) in [5.74, 6) is -0.762. The molecule has 4 unspecified atom stereocenters. The summed E-state index contributed by atoms with van der Waals surface area (Å²) in [5.41, 5.74) is -1.32. The normalized spacial score (nSPS) is 25.9. The highest BCUT2D eigenvalue weighted by molar-refractivity contribution is 7.89. The van der Waals surface area contributed by atoms with Crippen molar-refractivity contribution in [1.29, 1.82) is 0 Å². The first-order valence-electron chi connectivity index (χ1n) is 17.6. The molecule has 1 aromatic carbocycles. The Bertz CT molecular complexity index is 1980. The Morgan fingerprint density at radius 2 is 1.71 bits per heavy atom. The van der Waals surface area contributed by atoms with Crippen LogP contribution in [0.2, 0.25) is 0 Å². The Hall–Kier alpha value is -3.19.